The minimum atomic E-state index is -1.50. The van der Waals surface area contributed by atoms with Crippen LogP contribution in [0.4, 0.5) is 5.69 Å². The maximum absolute atomic E-state index is 13.3. The number of para-hydroxylation sites is 1. The molecule has 4 N–H and O–H groups in total. The Morgan fingerprint density at radius 3 is 2.89 bits per heavy atom. The summed E-state index contributed by atoms with van der Waals surface area (Å²) in [4.78, 5) is 26.2. The first-order valence-corrected chi connectivity index (χ1v) is 8.32. The fraction of sp³-hybridized carbons (Fsp3) is 0.278. The van der Waals surface area contributed by atoms with E-state index in [2.05, 4.69) is 15.5 Å². The van der Waals surface area contributed by atoms with Crippen LogP contribution in [0, 0.1) is 6.92 Å². The number of rotatable bonds is 4. The SMILES string of the molecule is COCCOC(=O)C1=C(N)Oc2n[nH]c(C)c2C12C(=O)Nc1ccccc12. The highest BCUT2D eigenvalue weighted by Gasteiger charge is 2.60. The number of anilines is 1. The van der Waals surface area contributed by atoms with E-state index in [-0.39, 0.29) is 30.5 Å². The predicted octanol–water partition coefficient (Wildman–Crippen LogP) is 0.709. The minimum Gasteiger partial charge on any atom is -0.460 e. The van der Waals surface area contributed by atoms with E-state index in [0.717, 1.165) is 0 Å². The number of carbonyl (C=O) groups excluding carboxylic acids is 2. The number of aromatic amines is 1. The summed E-state index contributed by atoms with van der Waals surface area (Å²) in [5, 5.41) is 9.72. The lowest BCUT2D eigenvalue weighted by Crippen LogP contribution is -2.46. The van der Waals surface area contributed by atoms with E-state index < -0.39 is 17.3 Å². The van der Waals surface area contributed by atoms with Crippen molar-refractivity contribution >= 4 is 17.6 Å². The Morgan fingerprint density at radius 2 is 2.11 bits per heavy atom. The molecule has 2 aliphatic heterocycles. The number of methoxy groups -OCH3 is 1. The van der Waals surface area contributed by atoms with Gasteiger partial charge >= 0.3 is 5.97 Å². The van der Waals surface area contributed by atoms with Crippen molar-refractivity contribution in [3.8, 4) is 5.88 Å². The number of aromatic nitrogens is 2. The zero-order chi connectivity index (χ0) is 19.2. The van der Waals surface area contributed by atoms with Crippen LogP contribution in [0.3, 0.4) is 0 Å². The average Bonchev–Trinajstić information content (AvgIpc) is 3.14. The molecule has 9 nitrogen and oxygen atoms in total. The average molecular weight is 370 g/mol. The normalized spacial score (nSPS) is 20.1. The van der Waals surface area contributed by atoms with Crippen LogP contribution in [0.2, 0.25) is 0 Å². The smallest absolute Gasteiger partial charge is 0.341 e. The molecule has 1 spiro atoms. The minimum absolute atomic E-state index is 0.0166. The van der Waals surface area contributed by atoms with Crippen molar-refractivity contribution in [1.29, 1.82) is 0 Å². The van der Waals surface area contributed by atoms with E-state index in [9.17, 15) is 9.59 Å². The van der Waals surface area contributed by atoms with Crippen molar-refractivity contribution in [2.45, 2.75) is 12.3 Å². The van der Waals surface area contributed by atoms with Gasteiger partial charge in [0.1, 0.15) is 17.6 Å². The second kappa shape index (κ2) is 6.13. The van der Waals surface area contributed by atoms with Crippen LogP contribution in [-0.2, 0) is 24.5 Å². The fourth-order valence-electron chi connectivity index (χ4n) is 3.68. The first-order chi connectivity index (χ1) is 13.0. The molecule has 2 aliphatic rings. The van der Waals surface area contributed by atoms with E-state index in [1.165, 1.54) is 7.11 Å². The van der Waals surface area contributed by atoms with Gasteiger partial charge in [0.25, 0.3) is 0 Å². The molecular formula is C18H18N4O5. The Morgan fingerprint density at radius 1 is 1.33 bits per heavy atom. The number of aryl methyl sites for hydroxylation is 1. The molecule has 140 valence electrons. The molecule has 1 aromatic heterocycles. The van der Waals surface area contributed by atoms with Gasteiger partial charge in [-0.2, -0.15) is 0 Å². The molecule has 0 saturated heterocycles. The summed E-state index contributed by atoms with van der Waals surface area (Å²) in [6, 6.07) is 7.11. The maximum atomic E-state index is 13.3. The van der Waals surface area contributed by atoms with Crippen LogP contribution in [-0.4, -0.2) is 42.4 Å². The lowest BCUT2D eigenvalue weighted by Gasteiger charge is -2.33. The highest BCUT2D eigenvalue weighted by molar-refractivity contribution is 6.17. The summed E-state index contributed by atoms with van der Waals surface area (Å²) in [5.41, 5.74) is 6.71. The van der Waals surface area contributed by atoms with Gasteiger partial charge in [-0.1, -0.05) is 18.2 Å². The summed E-state index contributed by atoms with van der Waals surface area (Å²) >= 11 is 0. The number of benzene rings is 1. The van der Waals surface area contributed by atoms with Crippen molar-refractivity contribution in [1.82, 2.24) is 10.2 Å². The summed E-state index contributed by atoms with van der Waals surface area (Å²) in [6.45, 7) is 1.98. The third kappa shape index (κ3) is 2.25. The molecule has 0 fully saturated rings. The number of hydrogen-bond acceptors (Lipinski definition) is 7. The quantitative estimate of drug-likeness (QED) is 0.534. The fourth-order valence-corrected chi connectivity index (χ4v) is 3.68. The number of amides is 1. The largest absolute Gasteiger partial charge is 0.460 e. The van der Waals surface area contributed by atoms with Gasteiger partial charge in [-0.05, 0) is 13.0 Å². The van der Waals surface area contributed by atoms with Gasteiger partial charge in [0.2, 0.25) is 17.7 Å². The van der Waals surface area contributed by atoms with Gasteiger partial charge in [0, 0.05) is 24.1 Å². The molecule has 9 heteroatoms. The van der Waals surface area contributed by atoms with E-state index in [1.54, 1.807) is 31.2 Å². The molecular weight excluding hydrogens is 352 g/mol. The number of esters is 1. The van der Waals surface area contributed by atoms with Gasteiger partial charge in [-0.25, -0.2) is 4.79 Å². The highest BCUT2D eigenvalue weighted by Crippen LogP contribution is 2.53. The molecule has 1 amide bonds. The molecule has 27 heavy (non-hydrogen) atoms. The standard InChI is InChI=1S/C18H18N4O5/c1-9-12-15(22-21-9)27-14(19)13(16(23)26-8-7-25-2)18(12)10-5-3-4-6-11(10)20-17(18)24/h3-6H,7-8,19H2,1-2H3,(H,20,24)(H,21,22). The van der Waals surface area contributed by atoms with E-state index in [4.69, 9.17) is 19.9 Å². The Bertz CT molecular complexity index is 980. The van der Waals surface area contributed by atoms with Crippen molar-refractivity contribution in [2.24, 2.45) is 5.73 Å². The van der Waals surface area contributed by atoms with Crippen molar-refractivity contribution < 1.29 is 23.8 Å². The summed E-state index contributed by atoms with van der Waals surface area (Å²) < 4.78 is 15.7. The molecule has 1 aromatic carbocycles. The number of H-pyrrole nitrogens is 1. The second-order valence-electron chi connectivity index (χ2n) is 6.25. The number of nitrogens with zero attached hydrogens (tertiary/aromatic N) is 1. The van der Waals surface area contributed by atoms with Crippen LogP contribution in [0.5, 0.6) is 5.88 Å². The number of fused-ring (bicyclic) bond motifs is 4. The second-order valence-corrected chi connectivity index (χ2v) is 6.25. The molecule has 0 aliphatic carbocycles. The van der Waals surface area contributed by atoms with E-state index in [0.29, 0.717) is 22.5 Å². The van der Waals surface area contributed by atoms with Gasteiger partial charge in [-0.3, -0.25) is 9.89 Å². The predicted molar refractivity (Wildman–Crippen MR) is 93.9 cm³/mol. The zero-order valence-electron chi connectivity index (χ0n) is 14.8. The van der Waals surface area contributed by atoms with Gasteiger partial charge < -0.3 is 25.3 Å². The number of hydrogen-bond donors (Lipinski definition) is 3. The Balaban J connectivity index is 1.96. The lowest BCUT2D eigenvalue weighted by molar-refractivity contribution is -0.142. The third-order valence-electron chi connectivity index (χ3n) is 4.76. The lowest BCUT2D eigenvalue weighted by atomic mass is 9.68. The van der Waals surface area contributed by atoms with Crippen LogP contribution in [0.1, 0.15) is 16.8 Å². The summed E-state index contributed by atoms with van der Waals surface area (Å²) in [5.74, 6) is -1.23. The monoisotopic (exact) mass is 370 g/mol. The van der Waals surface area contributed by atoms with Gasteiger partial charge in [0.05, 0.1) is 12.2 Å². The number of nitrogens with one attached hydrogen (secondary N) is 2. The van der Waals surface area contributed by atoms with Gasteiger partial charge in [0.15, 0.2) is 0 Å². The Hall–Kier alpha value is -3.33. The molecule has 2 aromatic rings. The Labute approximate surface area is 154 Å². The Kier molecular flexibility index (Phi) is 3.88. The van der Waals surface area contributed by atoms with Crippen molar-refractivity contribution in [3.63, 3.8) is 0 Å². The van der Waals surface area contributed by atoms with Crippen LogP contribution < -0.4 is 15.8 Å². The first kappa shape index (κ1) is 17.1. The molecule has 4 rings (SSSR count). The van der Waals surface area contributed by atoms with Crippen molar-refractivity contribution in [3.05, 3.63) is 52.5 Å². The van der Waals surface area contributed by atoms with Gasteiger partial charge in [-0.15, -0.1) is 5.10 Å². The number of nitrogens with two attached hydrogens (primary N) is 1. The van der Waals surface area contributed by atoms with E-state index in [1.807, 2.05) is 0 Å². The molecule has 3 heterocycles. The van der Waals surface area contributed by atoms with Crippen LogP contribution in [0.25, 0.3) is 0 Å². The maximum Gasteiger partial charge on any atom is 0.341 e. The molecule has 0 saturated carbocycles. The molecule has 1 unspecified atom stereocenters. The van der Waals surface area contributed by atoms with Crippen LogP contribution >= 0.6 is 0 Å². The summed E-state index contributed by atoms with van der Waals surface area (Å²) in [7, 11) is 1.49. The van der Waals surface area contributed by atoms with Crippen molar-refractivity contribution in [2.75, 3.05) is 25.6 Å². The first-order valence-electron chi connectivity index (χ1n) is 8.32. The zero-order valence-corrected chi connectivity index (χ0v) is 14.8. The topological polar surface area (TPSA) is 129 Å². The number of carbonyl (C=O) groups is 2. The molecule has 1 atom stereocenters. The van der Waals surface area contributed by atoms with Crippen LogP contribution in [0.15, 0.2) is 35.7 Å². The molecule has 0 radical (unpaired) electrons. The molecule has 0 bridgehead atoms. The third-order valence-corrected chi connectivity index (χ3v) is 4.76. The van der Waals surface area contributed by atoms with E-state index >= 15 is 0 Å². The number of ether oxygens (including phenoxy) is 3. The summed E-state index contributed by atoms with van der Waals surface area (Å²) in [6.07, 6.45) is 0. The highest BCUT2D eigenvalue weighted by atomic mass is 16.6.